The molecule has 3 N–H and O–H groups in total. The van der Waals surface area contributed by atoms with Crippen molar-refractivity contribution in [2.75, 3.05) is 5.32 Å². The molecule has 0 heterocycles. The lowest BCUT2D eigenvalue weighted by molar-refractivity contribution is -0.147. The Balaban J connectivity index is 2.21. The lowest BCUT2D eigenvalue weighted by Crippen LogP contribution is -2.59. The van der Waals surface area contributed by atoms with Gasteiger partial charge in [0.05, 0.1) is 10.7 Å². The van der Waals surface area contributed by atoms with Crippen molar-refractivity contribution in [3.63, 3.8) is 0 Å². The lowest BCUT2D eigenvalue weighted by atomic mass is 9.89. The summed E-state index contributed by atoms with van der Waals surface area (Å²) in [7, 11) is 0. The SMILES string of the molecule is CCC(C)(C)N(C(=O)C(Cc1ccc(O)cc1)NC(=O)OC(C)(C)C)C(C(=O)Nc1c(C)cccc1Cl)c1ccc(C)cc1C. The summed E-state index contributed by atoms with van der Waals surface area (Å²) in [4.78, 5) is 44.1. The van der Waals surface area contributed by atoms with Crippen molar-refractivity contribution in [1.82, 2.24) is 10.2 Å². The molecule has 0 saturated carbocycles. The van der Waals surface area contributed by atoms with E-state index in [9.17, 15) is 19.5 Å². The molecular weight excluding hydrogens is 590 g/mol. The van der Waals surface area contributed by atoms with Crippen LogP contribution >= 0.6 is 11.6 Å². The summed E-state index contributed by atoms with van der Waals surface area (Å²) in [6, 6.07) is 15.4. The van der Waals surface area contributed by atoms with Crippen molar-refractivity contribution in [1.29, 1.82) is 0 Å². The van der Waals surface area contributed by atoms with Crippen LogP contribution in [0, 0.1) is 20.8 Å². The number of aryl methyl sites for hydroxylation is 3. The van der Waals surface area contributed by atoms with E-state index in [0.29, 0.717) is 28.3 Å². The van der Waals surface area contributed by atoms with Gasteiger partial charge in [0.15, 0.2) is 0 Å². The zero-order valence-corrected chi connectivity index (χ0v) is 28.5. The predicted molar refractivity (Wildman–Crippen MR) is 180 cm³/mol. The second kappa shape index (κ2) is 14.4. The number of aromatic hydroxyl groups is 1. The number of halogens is 1. The van der Waals surface area contributed by atoms with Crippen LogP contribution in [0.2, 0.25) is 5.02 Å². The van der Waals surface area contributed by atoms with Crippen molar-refractivity contribution in [3.05, 3.63) is 93.5 Å². The van der Waals surface area contributed by atoms with E-state index in [2.05, 4.69) is 10.6 Å². The Morgan fingerprint density at radius 1 is 0.933 bits per heavy atom. The predicted octanol–water partition coefficient (Wildman–Crippen LogP) is 7.80. The molecule has 9 heteroatoms. The molecule has 0 fully saturated rings. The molecule has 8 nitrogen and oxygen atoms in total. The van der Waals surface area contributed by atoms with E-state index in [-0.39, 0.29) is 12.2 Å². The van der Waals surface area contributed by atoms with Gasteiger partial charge in [0, 0.05) is 12.0 Å². The number of phenolic OH excluding ortho intramolecular Hbond substituents is 1. The van der Waals surface area contributed by atoms with Gasteiger partial charge in [0.1, 0.15) is 23.4 Å². The van der Waals surface area contributed by atoms with Crippen LogP contribution in [-0.4, -0.2) is 45.1 Å². The molecule has 0 aliphatic rings. The molecule has 3 aromatic carbocycles. The number of rotatable bonds is 10. The van der Waals surface area contributed by atoms with Gasteiger partial charge in [0.25, 0.3) is 5.91 Å². The first-order chi connectivity index (χ1) is 20.9. The van der Waals surface area contributed by atoms with Gasteiger partial charge < -0.3 is 25.4 Å². The number of phenols is 1. The van der Waals surface area contributed by atoms with Crippen LogP contribution in [-0.2, 0) is 20.7 Å². The molecule has 0 aliphatic carbocycles. The first-order valence-corrected chi connectivity index (χ1v) is 15.5. The van der Waals surface area contributed by atoms with Gasteiger partial charge in [-0.25, -0.2) is 4.79 Å². The molecule has 242 valence electrons. The number of hydrogen-bond acceptors (Lipinski definition) is 5. The zero-order valence-electron chi connectivity index (χ0n) is 27.7. The second-order valence-electron chi connectivity index (χ2n) is 13.1. The summed E-state index contributed by atoms with van der Waals surface area (Å²) in [5.74, 6) is -0.817. The highest BCUT2D eigenvalue weighted by atomic mass is 35.5. The van der Waals surface area contributed by atoms with E-state index in [0.717, 1.165) is 16.7 Å². The number of hydrogen-bond donors (Lipinski definition) is 3. The Kier molecular flexibility index (Phi) is 11.3. The number of ether oxygens (including phenoxy) is 1. The molecule has 45 heavy (non-hydrogen) atoms. The Bertz CT molecular complexity index is 1510. The van der Waals surface area contributed by atoms with Gasteiger partial charge in [-0.1, -0.05) is 66.6 Å². The first-order valence-electron chi connectivity index (χ1n) is 15.2. The van der Waals surface area contributed by atoms with Gasteiger partial charge in [-0.3, -0.25) is 9.59 Å². The van der Waals surface area contributed by atoms with Gasteiger partial charge >= 0.3 is 6.09 Å². The maximum absolute atomic E-state index is 14.9. The van der Waals surface area contributed by atoms with Crippen molar-refractivity contribution < 1.29 is 24.2 Å². The molecule has 0 aromatic heterocycles. The van der Waals surface area contributed by atoms with E-state index in [1.165, 1.54) is 12.1 Å². The minimum atomic E-state index is -1.10. The summed E-state index contributed by atoms with van der Waals surface area (Å²) in [6.07, 6.45) is -0.149. The van der Waals surface area contributed by atoms with E-state index < -0.39 is 41.1 Å². The Morgan fingerprint density at radius 3 is 2.13 bits per heavy atom. The van der Waals surface area contributed by atoms with Crippen LogP contribution in [0.5, 0.6) is 5.75 Å². The average molecular weight is 636 g/mol. The Labute approximate surface area is 272 Å². The molecule has 0 bridgehead atoms. The molecule has 2 atom stereocenters. The van der Waals surface area contributed by atoms with Gasteiger partial charge in [-0.15, -0.1) is 0 Å². The normalized spacial score (nSPS) is 13.0. The van der Waals surface area contributed by atoms with Crippen LogP contribution in [0.4, 0.5) is 10.5 Å². The average Bonchev–Trinajstić information content (AvgIpc) is 2.93. The van der Waals surface area contributed by atoms with Crippen LogP contribution in [0.1, 0.15) is 81.8 Å². The number of nitrogens with zero attached hydrogens (tertiary/aromatic N) is 1. The standard InChI is InChI=1S/C36H46ClN3O5/c1-10-36(8,9)40(33(43)29(38-34(44)45-35(5,6)7)21-25-15-17-26(41)18-16-25)31(27-19-14-22(2)20-24(27)4)32(42)39-30-23(3)12-11-13-28(30)37/h11-20,29,31,41H,10,21H2,1-9H3,(H,38,44)(H,39,42). The molecule has 0 spiro atoms. The van der Waals surface area contributed by atoms with Crippen molar-refractivity contribution in [2.45, 2.75) is 98.4 Å². The maximum atomic E-state index is 14.9. The fraction of sp³-hybridized carbons (Fsp3) is 0.417. The van der Waals surface area contributed by atoms with E-state index in [1.807, 2.05) is 65.8 Å². The fourth-order valence-electron chi connectivity index (χ4n) is 5.14. The highest BCUT2D eigenvalue weighted by molar-refractivity contribution is 6.34. The number of carbonyl (C=O) groups is 3. The van der Waals surface area contributed by atoms with Crippen LogP contribution in [0.15, 0.2) is 60.7 Å². The third kappa shape index (κ3) is 9.24. The highest BCUT2D eigenvalue weighted by Gasteiger charge is 2.44. The quantitative estimate of drug-likeness (QED) is 0.211. The number of anilines is 1. The number of nitrogens with one attached hydrogen (secondary N) is 2. The Hall–Kier alpha value is -4.04. The molecule has 0 aliphatic heterocycles. The monoisotopic (exact) mass is 635 g/mol. The molecule has 2 unspecified atom stereocenters. The topological polar surface area (TPSA) is 108 Å². The van der Waals surface area contributed by atoms with Crippen LogP contribution < -0.4 is 10.6 Å². The van der Waals surface area contributed by atoms with Crippen molar-refractivity contribution in [2.24, 2.45) is 0 Å². The molecule has 0 saturated heterocycles. The van der Waals surface area contributed by atoms with E-state index >= 15 is 0 Å². The number of benzene rings is 3. The van der Waals surface area contributed by atoms with E-state index in [1.54, 1.807) is 49.9 Å². The number of alkyl carbamates (subject to hydrolysis) is 1. The highest BCUT2D eigenvalue weighted by Crippen LogP contribution is 2.36. The largest absolute Gasteiger partial charge is 0.508 e. The molecule has 3 amide bonds. The molecule has 0 radical (unpaired) electrons. The second-order valence-corrected chi connectivity index (χ2v) is 13.5. The minimum Gasteiger partial charge on any atom is -0.508 e. The molecule has 3 rings (SSSR count). The third-order valence-electron chi connectivity index (χ3n) is 7.82. The zero-order chi connectivity index (χ0) is 33.7. The van der Waals surface area contributed by atoms with Crippen LogP contribution in [0.25, 0.3) is 0 Å². The third-order valence-corrected chi connectivity index (χ3v) is 8.13. The minimum absolute atomic E-state index is 0.0805. The number of amides is 3. The first kappa shape index (κ1) is 35.4. The number of carbonyl (C=O) groups excluding carboxylic acids is 3. The lowest BCUT2D eigenvalue weighted by Gasteiger charge is -2.45. The van der Waals surface area contributed by atoms with Crippen LogP contribution in [0.3, 0.4) is 0 Å². The summed E-state index contributed by atoms with van der Waals surface area (Å²) in [5, 5.41) is 16.0. The van der Waals surface area contributed by atoms with Crippen molar-refractivity contribution in [3.8, 4) is 5.75 Å². The summed E-state index contributed by atoms with van der Waals surface area (Å²) < 4.78 is 5.54. The van der Waals surface area contributed by atoms with E-state index in [4.69, 9.17) is 16.3 Å². The van der Waals surface area contributed by atoms with Crippen molar-refractivity contribution >= 4 is 35.2 Å². The molecular formula is C36H46ClN3O5. The smallest absolute Gasteiger partial charge is 0.408 e. The summed E-state index contributed by atoms with van der Waals surface area (Å²) in [5.41, 5.74) is 2.82. The van der Waals surface area contributed by atoms with Gasteiger partial charge in [-0.05, 0) is 102 Å². The Morgan fingerprint density at radius 2 is 1.58 bits per heavy atom. The number of para-hydroxylation sites is 1. The molecule has 3 aromatic rings. The fourth-order valence-corrected chi connectivity index (χ4v) is 5.41. The summed E-state index contributed by atoms with van der Waals surface area (Å²) in [6.45, 7) is 16.7. The summed E-state index contributed by atoms with van der Waals surface area (Å²) >= 11 is 6.52. The van der Waals surface area contributed by atoms with Gasteiger partial charge in [0.2, 0.25) is 5.91 Å². The maximum Gasteiger partial charge on any atom is 0.408 e. The van der Waals surface area contributed by atoms with Gasteiger partial charge in [-0.2, -0.15) is 0 Å².